The lowest BCUT2D eigenvalue weighted by atomic mass is 9.99. The summed E-state index contributed by atoms with van der Waals surface area (Å²) >= 11 is 0. The second-order valence-electron chi connectivity index (χ2n) is 3.97. The van der Waals surface area contributed by atoms with E-state index in [0.29, 0.717) is 6.42 Å². The summed E-state index contributed by atoms with van der Waals surface area (Å²) in [5, 5.41) is 10.1. The molecule has 0 aliphatic rings. The molecule has 1 heterocycles. The number of H-pyrrole nitrogens is 1. The molecule has 1 atom stereocenters. The third-order valence-corrected chi connectivity index (χ3v) is 2.78. The van der Waals surface area contributed by atoms with Gasteiger partial charge in [0.2, 0.25) is 0 Å². The van der Waals surface area contributed by atoms with Crippen molar-refractivity contribution in [2.24, 2.45) is 0 Å². The van der Waals surface area contributed by atoms with E-state index in [9.17, 15) is 5.11 Å². The Morgan fingerprint density at radius 3 is 2.88 bits per heavy atom. The van der Waals surface area contributed by atoms with E-state index in [1.807, 2.05) is 37.4 Å². The van der Waals surface area contributed by atoms with Crippen LogP contribution < -0.4 is 0 Å². The molecule has 1 aromatic carbocycles. The van der Waals surface area contributed by atoms with Crippen molar-refractivity contribution >= 4 is 0 Å². The van der Waals surface area contributed by atoms with E-state index in [-0.39, 0.29) is 0 Å². The van der Waals surface area contributed by atoms with Crippen molar-refractivity contribution in [2.75, 3.05) is 0 Å². The Balaban J connectivity index is 1.98. The molecule has 2 aromatic rings. The smallest absolute Gasteiger partial charge is 0.0923 e. The molecular formula is C13H16N2O. The van der Waals surface area contributed by atoms with Gasteiger partial charge in [-0.2, -0.15) is 0 Å². The summed E-state index contributed by atoms with van der Waals surface area (Å²) in [6.45, 7) is 2.02. The molecule has 0 saturated heterocycles. The van der Waals surface area contributed by atoms with Crippen LogP contribution in [0.3, 0.4) is 0 Å². The van der Waals surface area contributed by atoms with E-state index in [1.54, 1.807) is 6.33 Å². The summed E-state index contributed by atoms with van der Waals surface area (Å²) in [6.07, 6.45) is 4.62. The Bertz CT molecular complexity index is 437. The highest BCUT2D eigenvalue weighted by Gasteiger charge is 2.10. The molecule has 0 radical (unpaired) electrons. The Kier molecular flexibility index (Phi) is 3.37. The van der Waals surface area contributed by atoms with Gasteiger partial charge < -0.3 is 10.1 Å². The standard InChI is InChI=1S/C13H16N2O/c1-10-4-2-3-5-12(10)13(16)7-6-11-8-14-9-15-11/h2-5,8-9,13,16H,6-7H2,1H3,(H,14,15). The Hall–Kier alpha value is -1.61. The quantitative estimate of drug-likeness (QED) is 0.824. The highest BCUT2D eigenvalue weighted by atomic mass is 16.3. The molecule has 2 N–H and O–H groups in total. The van der Waals surface area contributed by atoms with Gasteiger partial charge in [-0.15, -0.1) is 0 Å². The molecule has 0 aliphatic carbocycles. The minimum Gasteiger partial charge on any atom is -0.388 e. The van der Waals surface area contributed by atoms with Crippen molar-refractivity contribution in [1.29, 1.82) is 0 Å². The van der Waals surface area contributed by atoms with E-state index < -0.39 is 6.10 Å². The fourth-order valence-electron chi connectivity index (χ4n) is 1.83. The summed E-state index contributed by atoms with van der Waals surface area (Å²) in [5.74, 6) is 0. The number of aromatic amines is 1. The SMILES string of the molecule is Cc1ccccc1C(O)CCc1c[nH]cn1. The fourth-order valence-corrected chi connectivity index (χ4v) is 1.83. The van der Waals surface area contributed by atoms with Crippen molar-refractivity contribution in [2.45, 2.75) is 25.9 Å². The van der Waals surface area contributed by atoms with Crippen LogP contribution in [0.1, 0.15) is 29.3 Å². The van der Waals surface area contributed by atoms with Crippen LogP contribution in [0.25, 0.3) is 0 Å². The van der Waals surface area contributed by atoms with E-state index in [4.69, 9.17) is 0 Å². The van der Waals surface area contributed by atoms with Crippen LogP contribution in [0, 0.1) is 6.92 Å². The number of nitrogens with one attached hydrogen (secondary N) is 1. The van der Waals surface area contributed by atoms with Gasteiger partial charge in [-0.3, -0.25) is 0 Å². The fraction of sp³-hybridized carbons (Fsp3) is 0.308. The third kappa shape index (κ3) is 2.49. The molecule has 1 aromatic heterocycles. The van der Waals surface area contributed by atoms with Crippen LogP contribution >= 0.6 is 0 Å². The van der Waals surface area contributed by atoms with Crippen LogP contribution in [0.4, 0.5) is 0 Å². The minimum atomic E-state index is -0.405. The summed E-state index contributed by atoms with van der Waals surface area (Å²) in [7, 11) is 0. The topological polar surface area (TPSA) is 48.9 Å². The van der Waals surface area contributed by atoms with Crippen LogP contribution in [0.2, 0.25) is 0 Å². The number of nitrogens with zero attached hydrogens (tertiary/aromatic N) is 1. The number of rotatable bonds is 4. The first kappa shape index (κ1) is 10.9. The zero-order valence-corrected chi connectivity index (χ0v) is 9.35. The van der Waals surface area contributed by atoms with Gasteiger partial charge in [-0.1, -0.05) is 24.3 Å². The Morgan fingerprint density at radius 2 is 2.19 bits per heavy atom. The molecule has 3 heteroatoms. The summed E-state index contributed by atoms with van der Waals surface area (Å²) < 4.78 is 0. The molecule has 0 fully saturated rings. The van der Waals surface area contributed by atoms with Gasteiger partial charge in [0.1, 0.15) is 0 Å². The predicted octanol–water partition coefficient (Wildman–Crippen LogP) is 2.38. The first-order chi connectivity index (χ1) is 7.77. The summed E-state index contributed by atoms with van der Waals surface area (Å²) in [4.78, 5) is 7.05. The molecule has 16 heavy (non-hydrogen) atoms. The lowest BCUT2D eigenvalue weighted by molar-refractivity contribution is 0.167. The van der Waals surface area contributed by atoms with Crippen LogP contribution in [-0.4, -0.2) is 15.1 Å². The minimum absolute atomic E-state index is 0.405. The van der Waals surface area contributed by atoms with E-state index in [2.05, 4.69) is 9.97 Å². The molecule has 0 bridgehead atoms. The molecule has 0 saturated carbocycles. The highest BCUT2D eigenvalue weighted by Crippen LogP contribution is 2.21. The van der Waals surface area contributed by atoms with Crippen molar-refractivity contribution in [3.8, 4) is 0 Å². The molecule has 0 aliphatic heterocycles. The molecule has 0 spiro atoms. The molecule has 2 rings (SSSR count). The Labute approximate surface area is 95.2 Å². The van der Waals surface area contributed by atoms with Crippen molar-refractivity contribution < 1.29 is 5.11 Å². The largest absolute Gasteiger partial charge is 0.388 e. The predicted molar refractivity (Wildman–Crippen MR) is 63.0 cm³/mol. The van der Waals surface area contributed by atoms with Crippen molar-refractivity contribution in [1.82, 2.24) is 9.97 Å². The van der Waals surface area contributed by atoms with Crippen LogP contribution in [-0.2, 0) is 6.42 Å². The van der Waals surface area contributed by atoms with E-state index in [1.165, 1.54) is 0 Å². The van der Waals surface area contributed by atoms with E-state index >= 15 is 0 Å². The molecule has 3 nitrogen and oxygen atoms in total. The normalized spacial score (nSPS) is 12.6. The summed E-state index contributed by atoms with van der Waals surface area (Å²) in [6, 6.07) is 7.94. The highest BCUT2D eigenvalue weighted by molar-refractivity contribution is 5.27. The molecule has 1 unspecified atom stereocenters. The zero-order valence-electron chi connectivity index (χ0n) is 9.35. The lowest BCUT2D eigenvalue weighted by Crippen LogP contribution is -2.01. The van der Waals surface area contributed by atoms with E-state index in [0.717, 1.165) is 23.2 Å². The average Bonchev–Trinajstić information content (AvgIpc) is 2.79. The molecular weight excluding hydrogens is 200 g/mol. The number of imidazole rings is 1. The number of aliphatic hydroxyl groups is 1. The van der Waals surface area contributed by atoms with Crippen molar-refractivity contribution in [3.05, 3.63) is 53.6 Å². The maximum absolute atomic E-state index is 10.1. The number of hydrogen-bond donors (Lipinski definition) is 2. The molecule has 84 valence electrons. The van der Waals surface area contributed by atoms with Gasteiger partial charge in [0.05, 0.1) is 18.1 Å². The lowest BCUT2D eigenvalue weighted by Gasteiger charge is -2.12. The second kappa shape index (κ2) is 4.94. The third-order valence-electron chi connectivity index (χ3n) is 2.78. The monoisotopic (exact) mass is 216 g/mol. The Morgan fingerprint density at radius 1 is 1.38 bits per heavy atom. The van der Waals surface area contributed by atoms with Crippen LogP contribution in [0.15, 0.2) is 36.8 Å². The maximum atomic E-state index is 10.1. The van der Waals surface area contributed by atoms with Gasteiger partial charge in [-0.25, -0.2) is 4.98 Å². The van der Waals surface area contributed by atoms with Gasteiger partial charge in [0, 0.05) is 6.20 Å². The number of aliphatic hydroxyl groups excluding tert-OH is 1. The number of hydrogen-bond acceptors (Lipinski definition) is 2. The average molecular weight is 216 g/mol. The number of aryl methyl sites for hydroxylation is 2. The van der Waals surface area contributed by atoms with Gasteiger partial charge in [0.15, 0.2) is 0 Å². The van der Waals surface area contributed by atoms with Gasteiger partial charge in [-0.05, 0) is 30.9 Å². The summed E-state index contributed by atoms with van der Waals surface area (Å²) in [5.41, 5.74) is 3.14. The zero-order chi connectivity index (χ0) is 11.4. The van der Waals surface area contributed by atoms with Crippen LogP contribution in [0.5, 0.6) is 0 Å². The number of benzene rings is 1. The van der Waals surface area contributed by atoms with Crippen molar-refractivity contribution in [3.63, 3.8) is 0 Å². The maximum Gasteiger partial charge on any atom is 0.0923 e. The number of aromatic nitrogens is 2. The first-order valence-corrected chi connectivity index (χ1v) is 5.48. The van der Waals surface area contributed by atoms with Gasteiger partial charge in [0.25, 0.3) is 0 Å². The second-order valence-corrected chi connectivity index (χ2v) is 3.97. The van der Waals surface area contributed by atoms with Gasteiger partial charge >= 0.3 is 0 Å². The molecule has 0 amide bonds. The first-order valence-electron chi connectivity index (χ1n) is 5.48.